The van der Waals surface area contributed by atoms with Gasteiger partial charge in [-0.2, -0.15) is 11.8 Å². The highest BCUT2D eigenvalue weighted by atomic mass is 32.2. The van der Waals surface area contributed by atoms with Crippen molar-refractivity contribution < 1.29 is 14.7 Å². The number of rotatable bonds is 6. The van der Waals surface area contributed by atoms with E-state index in [1.165, 1.54) is 0 Å². The van der Waals surface area contributed by atoms with E-state index < -0.39 is 5.97 Å². The van der Waals surface area contributed by atoms with Gasteiger partial charge in [-0.25, -0.2) is 0 Å². The van der Waals surface area contributed by atoms with Gasteiger partial charge in [0.2, 0.25) is 0 Å². The summed E-state index contributed by atoms with van der Waals surface area (Å²) in [6.07, 6.45) is 0.118. The first-order chi connectivity index (χ1) is 5.52. The Morgan fingerprint density at radius 2 is 1.92 bits per heavy atom. The van der Waals surface area contributed by atoms with Crippen LogP contribution in [0.4, 0.5) is 0 Å². The van der Waals surface area contributed by atoms with Crippen LogP contribution in [0.5, 0.6) is 0 Å². The van der Waals surface area contributed by atoms with Gasteiger partial charge in [0.1, 0.15) is 5.78 Å². The summed E-state index contributed by atoms with van der Waals surface area (Å²) in [5.41, 5.74) is 0. The number of carboxylic acids is 1. The van der Waals surface area contributed by atoms with Gasteiger partial charge < -0.3 is 5.11 Å². The lowest BCUT2D eigenvalue weighted by molar-refractivity contribution is -0.138. The monoisotopic (exact) mass is 190 g/mol. The summed E-state index contributed by atoms with van der Waals surface area (Å²) in [6.45, 7) is 4.02. The lowest BCUT2D eigenvalue weighted by Crippen LogP contribution is -2.07. The zero-order valence-corrected chi connectivity index (χ0v) is 8.19. The fourth-order valence-electron chi connectivity index (χ4n) is 0.578. The first-order valence-corrected chi connectivity index (χ1v) is 4.92. The number of aliphatic carboxylic acids is 1. The summed E-state index contributed by atoms with van der Waals surface area (Å²) >= 11 is 1.55. The molecule has 0 aromatic heterocycles. The molecular weight excluding hydrogens is 176 g/mol. The quantitative estimate of drug-likeness (QED) is 0.690. The third-order valence-electron chi connectivity index (χ3n) is 1.20. The van der Waals surface area contributed by atoms with Gasteiger partial charge in [-0.05, 0) is 5.25 Å². The first kappa shape index (κ1) is 11.5. The summed E-state index contributed by atoms with van der Waals surface area (Å²) < 4.78 is 0. The summed E-state index contributed by atoms with van der Waals surface area (Å²) in [5.74, 6) is -0.445. The second-order valence-corrected chi connectivity index (χ2v) is 4.36. The highest BCUT2D eigenvalue weighted by Crippen LogP contribution is 2.09. The molecular formula is C8H14O3S. The summed E-state index contributed by atoms with van der Waals surface area (Å²) in [6, 6.07) is 0. The normalized spacial score (nSPS) is 10.2. The lowest BCUT2D eigenvalue weighted by Gasteiger charge is -2.02. The van der Waals surface area contributed by atoms with Crippen molar-refractivity contribution in [2.45, 2.75) is 31.9 Å². The van der Waals surface area contributed by atoms with Crippen molar-refractivity contribution in [3.05, 3.63) is 0 Å². The van der Waals surface area contributed by atoms with Gasteiger partial charge in [0, 0.05) is 6.42 Å². The third kappa shape index (κ3) is 7.60. The number of hydrogen-bond acceptors (Lipinski definition) is 3. The maximum atomic E-state index is 11.0. The molecule has 0 unspecified atom stereocenters. The van der Waals surface area contributed by atoms with Crippen molar-refractivity contribution in [3.8, 4) is 0 Å². The van der Waals surface area contributed by atoms with Gasteiger partial charge in [-0.1, -0.05) is 13.8 Å². The molecule has 0 radical (unpaired) electrons. The Kier molecular flexibility index (Phi) is 5.80. The molecule has 0 heterocycles. The number of carbonyl (C=O) groups is 2. The van der Waals surface area contributed by atoms with E-state index in [1.807, 2.05) is 13.8 Å². The molecule has 1 N–H and O–H groups in total. The van der Waals surface area contributed by atoms with Crippen LogP contribution >= 0.6 is 11.8 Å². The molecule has 4 heteroatoms. The average molecular weight is 190 g/mol. The van der Waals surface area contributed by atoms with E-state index in [0.29, 0.717) is 11.0 Å². The molecule has 12 heavy (non-hydrogen) atoms. The molecule has 0 bridgehead atoms. The minimum Gasteiger partial charge on any atom is -0.481 e. The molecule has 70 valence electrons. The number of carboxylic acid groups (broad SMARTS) is 1. The van der Waals surface area contributed by atoms with Gasteiger partial charge in [0.05, 0.1) is 12.2 Å². The average Bonchev–Trinajstić information content (AvgIpc) is 1.96. The maximum absolute atomic E-state index is 11.0. The van der Waals surface area contributed by atoms with Gasteiger partial charge in [0.15, 0.2) is 0 Å². The van der Waals surface area contributed by atoms with E-state index in [4.69, 9.17) is 5.11 Å². The van der Waals surface area contributed by atoms with Crippen molar-refractivity contribution in [1.82, 2.24) is 0 Å². The van der Waals surface area contributed by atoms with E-state index in [-0.39, 0.29) is 18.6 Å². The fraction of sp³-hybridized carbons (Fsp3) is 0.750. The molecule has 0 saturated carbocycles. The van der Waals surface area contributed by atoms with E-state index in [1.54, 1.807) is 11.8 Å². The number of Topliss-reactive ketones (excluding diaryl/α,β-unsaturated/α-hetero) is 1. The number of thioether (sulfide) groups is 1. The van der Waals surface area contributed by atoms with Crippen LogP contribution in [0.3, 0.4) is 0 Å². The molecule has 0 aromatic carbocycles. The Labute approximate surface area is 76.5 Å². The van der Waals surface area contributed by atoms with Crippen LogP contribution in [0.1, 0.15) is 26.7 Å². The molecule has 0 spiro atoms. The molecule has 0 saturated heterocycles. The van der Waals surface area contributed by atoms with Crippen LogP contribution in [0.2, 0.25) is 0 Å². The van der Waals surface area contributed by atoms with Crippen LogP contribution in [0.15, 0.2) is 0 Å². The fourth-order valence-corrected chi connectivity index (χ4v) is 1.24. The van der Waals surface area contributed by atoms with Crippen molar-refractivity contribution >= 4 is 23.5 Å². The highest BCUT2D eigenvalue weighted by Gasteiger charge is 2.06. The molecule has 0 atom stereocenters. The van der Waals surface area contributed by atoms with Gasteiger partial charge in [-0.3, -0.25) is 9.59 Å². The van der Waals surface area contributed by atoms with Crippen LogP contribution in [0, 0.1) is 0 Å². The van der Waals surface area contributed by atoms with Crippen LogP contribution in [-0.2, 0) is 9.59 Å². The Bertz CT molecular complexity index is 166. The number of hydrogen-bond donors (Lipinski definition) is 1. The maximum Gasteiger partial charge on any atom is 0.303 e. The van der Waals surface area contributed by atoms with Crippen molar-refractivity contribution in [1.29, 1.82) is 0 Å². The van der Waals surface area contributed by atoms with Crippen LogP contribution in [0.25, 0.3) is 0 Å². The molecule has 0 aromatic rings. The smallest absolute Gasteiger partial charge is 0.303 e. The standard InChI is InChI=1S/C8H14O3S/c1-6(2)12-5-7(9)3-4-8(10)11/h6H,3-5H2,1-2H3,(H,10,11). The predicted octanol–water partition coefficient (Wildman–Crippen LogP) is 1.56. The summed E-state index contributed by atoms with van der Waals surface area (Å²) in [7, 11) is 0. The second-order valence-electron chi connectivity index (χ2n) is 2.79. The molecule has 0 rings (SSSR count). The van der Waals surface area contributed by atoms with E-state index in [2.05, 4.69) is 0 Å². The first-order valence-electron chi connectivity index (χ1n) is 3.87. The summed E-state index contributed by atoms with van der Waals surface area (Å²) in [5, 5.41) is 8.71. The molecule has 0 aliphatic carbocycles. The zero-order valence-electron chi connectivity index (χ0n) is 7.37. The highest BCUT2D eigenvalue weighted by molar-refractivity contribution is 8.00. The van der Waals surface area contributed by atoms with Crippen molar-refractivity contribution in [2.75, 3.05) is 5.75 Å². The minimum atomic E-state index is -0.905. The Morgan fingerprint density at radius 3 is 2.33 bits per heavy atom. The van der Waals surface area contributed by atoms with Gasteiger partial charge >= 0.3 is 5.97 Å². The Hall–Kier alpha value is -0.510. The number of ketones is 1. The van der Waals surface area contributed by atoms with Gasteiger partial charge in [0.25, 0.3) is 0 Å². The van der Waals surface area contributed by atoms with Crippen molar-refractivity contribution in [2.24, 2.45) is 0 Å². The summed E-state index contributed by atoms with van der Waals surface area (Å²) in [4.78, 5) is 21.1. The molecule has 0 amide bonds. The van der Waals surface area contributed by atoms with E-state index in [9.17, 15) is 9.59 Å². The molecule has 0 fully saturated rings. The largest absolute Gasteiger partial charge is 0.481 e. The van der Waals surface area contributed by atoms with E-state index in [0.717, 1.165) is 0 Å². The Morgan fingerprint density at radius 1 is 1.33 bits per heavy atom. The van der Waals surface area contributed by atoms with E-state index >= 15 is 0 Å². The van der Waals surface area contributed by atoms with Crippen molar-refractivity contribution in [3.63, 3.8) is 0 Å². The SMILES string of the molecule is CC(C)SCC(=O)CCC(=O)O. The van der Waals surface area contributed by atoms with Crippen LogP contribution in [-0.4, -0.2) is 27.9 Å². The molecule has 0 aliphatic heterocycles. The minimum absolute atomic E-state index is 0.0242. The van der Waals surface area contributed by atoms with Crippen LogP contribution < -0.4 is 0 Å². The molecule has 0 aliphatic rings. The number of carbonyl (C=O) groups excluding carboxylic acids is 1. The third-order valence-corrected chi connectivity index (χ3v) is 2.35. The molecule has 3 nitrogen and oxygen atoms in total. The van der Waals surface area contributed by atoms with Gasteiger partial charge in [-0.15, -0.1) is 0 Å². The topological polar surface area (TPSA) is 54.4 Å². The Balaban J connectivity index is 3.40. The zero-order chi connectivity index (χ0) is 9.56. The predicted molar refractivity (Wildman–Crippen MR) is 49.5 cm³/mol. The lowest BCUT2D eigenvalue weighted by atomic mass is 10.2. The second kappa shape index (κ2) is 6.06.